The molecule has 0 N–H and O–H groups in total. The number of hydrogen-bond acceptors (Lipinski definition) is 3. The molecule has 1 aliphatic heterocycles. The summed E-state index contributed by atoms with van der Waals surface area (Å²) in [6.07, 6.45) is 3.85. The highest BCUT2D eigenvalue weighted by Gasteiger charge is 2.35. The van der Waals surface area contributed by atoms with Gasteiger partial charge in [-0.1, -0.05) is 84.4 Å². The van der Waals surface area contributed by atoms with Crippen molar-refractivity contribution in [1.82, 2.24) is 9.47 Å². The van der Waals surface area contributed by atoms with E-state index in [1.807, 2.05) is 97.2 Å². The fourth-order valence-corrected chi connectivity index (χ4v) is 5.65. The zero-order valence-corrected chi connectivity index (χ0v) is 20.8. The monoisotopic (exact) mass is 508 g/mol. The number of hydrogen-bond donors (Lipinski definition) is 0. The Labute approximate surface area is 217 Å². The third-order valence-electron chi connectivity index (χ3n) is 6.43. The minimum absolute atomic E-state index is 0.251. The van der Waals surface area contributed by atoms with Crippen molar-refractivity contribution in [3.63, 3.8) is 0 Å². The number of fused-ring (bicyclic) bond motifs is 2. The van der Waals surface area contributed by atoms with E-state index in [-0.39, 0.29) is 17.7 Å². The molecule has 0 unspecified atom stereocenters. The number of aromatic nitrogens is 1. The molecule has 4 aromatic carbocycles. The second-order valence-corrected chi connectivity index (χ2v) is 10.2. The molecule has 2 heterocycles. The van der Waals surface area contributed by atoms with Gasteiger partial charge in [0, 0.05) is 34.2 Å². The van der Waals surface area contributed by atoms with Crippen LogP contribution in [0, 0.1) is 0 Å². The van der Waals surface area contributed by atoms with E-state index in [1.54, 1.807) is 0 Å². The summed E-state index contributed by atoms with van der Waals surface area (Å²) in [4.78, 5) is 27.8. The molecule has 5 aromatic rings. The molecule has 2 amide bonds. The average molecular weight is 509 g/mol. The van der Waals surface area contributed by atoms with E-state index >= 15 is 0 Å². The number of halogens is 1. The van der Waals surface area contributed by atoms with Gasteiger partial charge in [-0.05, 0) is 57.9 Å². The van der Waals surface area contributed by atoms with Crippen LogP contribution in [0.5, 0.6) is 0 Å². The fraction of sp³-hybridized carbons (Fsp3) is 0.0667. The highest BCUT2D eigenvalue weighted by molar-refractivity contribution is 8.18. The lowest BCUT2D eigenvalue weighted by molar-refractivity contribution is -0.123. The molecule has 1 fully saturated rings. The summed E-state index contributed by atoms with van der Waals surface area (Å²) in [7, 11) is 0. The average Bonchev–Trinajstić information content (AvgIpc) is 3.37. The number of carbonyl (C=O) groups excluding carboxylic acids is 2. The molecule has 36 heavy (non-hydrogen) atoms. The highest BCUT2D eigenvalue weighted by atomic mass is 35.5. The lowest BCUT2D eigenvalue weighted by atomic mass is 10.1. The number of benzene rings is 4. The maximum Gasteiger partial charge on any atom is 0.293 e. The molecule has 176 valence electrons. The molecule has 0 aliphatic carbocycles. The molecule has 0 radical (unpaired) electrons. The van der Waals surface area contributed by atoms with Crippen LogP contribution in [0.3, 0.4) is 0 Å². The molecular formula is C30H21ClN2O2S. The normalized spacial score (nSPS) is 15.0. The Morgan fingerprint density at radius 1 is 0.806 bits per heavy atom. The number of thioether (sulfide) groups is 1. The van der Waals surface area contributed by atoms with Gasteiger partial charge >= 0.3 is 0 Å². The zero-order valence-electron chi connectivity index (χ0n) is 19.2. The van der Waals surface area contributed by atoms with Gasteiger partial charge in [-0.2, -0.15) is 0 Å². The van der Waals surface area contributed by atoms with E-state index in [4.69, 9.17) is 11.6 Å². The molecule has 0 saturated carbocycles. The largest absolute Gasteiger partial charge is 0.342 e. The Morgan fingerprint density at radius 2 is 1.56 bits per heavy atom. The molecule has 4 nitrogen and oxygen atoms in total. The van der Waals surface area contributed by atoms with Gasteiger partial charge in [0.25, 0.3) is 11.1 Å². The highest BCUT2D eigenvalue weighted by Crippen LogP contribution is 2.35. The maximum absolute atomic E-state index is 13.3. The van der Waals surface area contributed by atoms with E-state index < -0.39 is 0 Å². The lowest BCUT2D eigenvalue weighted by Crippen LogP contribution is -2.27. The number of carbonyl (C=O) groups is 2. The summed E-state index contributed by atoms with van der Waals surface area (Å²) in [5.74, 6) is -0.263. The van der Waals surface area contributed by atoms with Gasteiger partial charge in [0.1, 0.15) is 0 Å². The first kappa shape index (κ1) is 22.7. The van der Waals surface area contributed by atoms with Gasteiger partial charge in [0.05, 0.1) is 11.4 Å². The van der Waals surface area contributed by atoms with E-state index in [9.17, 15) is 9.59 Å². The van der Waals surface area contributed by atoms with Gasteiger partial charge in [0.2, 0.25) is 0 Å². The van der Waals surface area contributed by atoms with Crippen LogP contribution in [0.1, 0.15) is 16.7 Å². The second-order valence-electron chi connectivity index (χ2n) is 8.77. The van der Waals surface area contributed by atoms with Gasteiger partial charge in [-0.15, -0.1) is 0 Å². The minimum atomic E-state index is -0.263. The summed E-state index contributed by atoms with van der Waals surface area (Å²) in [6.45, 7) is 0.860. The van der Waals surface area contributed by atoms with E-state index in [2.05, 4.69) is 10.6 Å². The van der Waals surface area contributed by atoms with Gasteiger partial charge in [0.15, 0.2) is 0 Å². The van der Waals surface area contributed by atoms with Crippen LogP contribution in [0.4, 0.5) is 4.79 Å². The lowest BCUT2D eigenvalue weighted by Gasteiger charge is -2.13. The summed E-state index contributed by atoms with van der Waals surface area (Å²) in [5, 5.41) is 3.70. The van der Waals surface area contributed by atoms with Crippen molar-refractivity contribution in [2.24, 2.45) is 0 Å². The van der Waals surface area contributed by atoms with Crippen molar-refractivity contribution < 1.29 is 9.59 Å². The zero-order chi connectivity index (χ0) is 24.6. The first-order valence-electron chi connectivity index (χ1n) is 11.6. The predicted octanol–water partition coefficient (Wildman–Crippen LogP) is 7.73. The van der Waals surface area contributed by atoms with Crippen LogP contribution in [0.15, 0.2) is 102 Å². The third-order valence-corrected chi connectivity index (χ3v) is 7.71. The van der Waals surface area contributed by atoms with Crippen LogP contribution in [-0.2, 0) is 17.9 Å². The van der Waals surface area contributed by atoms with Crippen molar-refractivity contribution in [1.29, 1.82) is 0 Å². The van der Waals surface area contributed by atoms with Crippen LogP contribution < -0.4 is 0 Å². The maximum atomic E-state index is 13.3. The minimum Gasteiger partial charge on any atom is -0.342 e. The standard InChI is InChI=1S/C30H21ClN2O2S/c31-26-11-5-3-9-23(26)18-32-19-24(25-10-4-6-12-27(25)32)16-28-29(34)33(30(35)36-28)17-20-13-14-21-7-1-2-8-22(21)15-20/h1-16,19H,17-18H2/b28-16-. The number of nitrogens with zero attached hydrogens (tertiary/aromatic N) is 2. The smallest absolute Gasteiger partial charge is 0.293 e. The van der Waals surface area contributed by atoms with Crippen LogP contribution in [-0.4, -0.2) is 20.6 Å². The molecule has 6 rings (SSSR count). The Hall–Kier alpha value is -3.80. The Morgan fingerprint density at radius 3 is 2.42 bits per heavy atom. The van der Waals surface area contributed by atoms with Crippen molar-refractivity contribution in [2.45, 2.75) is 13.1 Å². The molecule has 6 heteroatoms. The summed E-state index contributed by atoms with van der Waals surface area (Å²) in [5.41, 5.74) is 3.88. The van der Waals surface area contributed by atoms with E-state index in [0.717, 1.165) is 50.1 Å². The summed E-state index contributed by atoms with van der Waals surface area (Å²) < 4.78 is 2.13. The number of para-hydroxylation sites is 1. The van der Waals surface area contributed by atoms with Gasteiger partial charge in [-0.3, -0.25) is 14.5 Å². The first-order valence-corrected chi connectivity index (χ1v) is 12.8. The van der Waals surface area contributed by atoms with Crippen molar-refractivity contribution in [2.75, 3.05) is 0 Å². The van der Waals surface area contributed by atoms with Crippen LogP contribution in [0.2, 0.25) is 5.02 Å². The van der Waals surface area contributed by atoms with Crippen LogP contribution in [0.25, 0.3) is 27.8 Å². The molecule has 1 aliphatic rings. The van der Waals surface area contributed by atoms with Crippen LogP contribution >= 0.6 is 23.4 Å². The molecule has 0 spiro atoms. The molecule has 1 saturated heterocycles. The SMILES string of the molecule is O=C1S/C(=C\c2cn(Cc3ccccc3Cl)c3ccccc23)C(=O)N1Cc1ccc2ccccc2c1. The Kier molecular flexibility index (Phi) is 5.88. The molecule has 1 aromatic heterocycles. The number of amides is 2. The topological polar surface area (TPSA) is 42.3 Å². The number of rotatable bonds is 5. The Balaban J connectivity index is 1.31. The van der Waals surface area contributed by atoms with Crippen molar-refractivity contribution in [3.8, 4) is 0 Å². The summed E-state index contributed by atoms with van der Waals surface area (Å²) >= 11 is 7.40. The first-order chi connectivity index (χ1) is 17.6. The molecule has 0 bridgehead atoms. The van der Waals surface area contributed by atoms with E-state index in [0.29, 0.717) is 16.5 Å². The predicted molar refractivity (Wildman–Crippen MR) is 148 cm³/mol. The quantitative estimate of drug-likeness (QED) is 0.228. The molecular weight excluding hydrogens is 488 g/mol. The summed E-state index contributed by atoms with van der Waals surface area (Å²) in [6, 6.07) is 29.9. The number of imide groups is 1. The Bertz CT molecular complexity index is 1690. The molecule has 0 atom stereocenters. The van der Waals surface area contributed by atoms with Crippen molar-refractivity contribution >= 4 is 62.3 Å². The third kappa shape index (κ3) is 4.21. The van der Waals surface area contributed by atoms with Gasteiger partial charge in [-0.25, -0.2) is 0 Å². The van der Waals surface area contributed by atoms with E-state index in [1.165, 1.54) is 4.90 Å². The fourth-order valence-electron chi connectivity index (χ4n) is 4.63. The van der Waals surface area contributed by atoms with Crippen molar-refractivity contribution in [3.05, 3.63) is 124 Å². The second kappa shape index (κ2) is 9.34. The van der Waals surface area contributed by atoms with Gasteiger partial charge < -0.3 is 4.57 Å².